The van der Waals surface area contributed by atoms with Crippen molar-refractivity contribution in [2.45, 2.75) is 32.9 Å². The quantitative estimate of drug-likeness (QED) is 0.432. The van der Waals surface area contributed by atoms with Crippen LogP contribution in [0.4, 0.5) is 8.78 Å². The molecule has 1 N–H and O–H groups in total. The molecule has 0 bridgehead atoms. The summed E-state index contributed by atoms with van der Waals surface area (Å²) in [4.78, 5) is 18.4. The van der Waals surface area contributed by atoms with E-state index in [0.717, 1.165) is 11.5 Å². The number of esters is 1. The summed E-state index contributed by atoms with van der Waals surface area (Å²) in [7, 11) is 2.80. The third-order valence-corrected chi connectivity index (χ3v) is 4.52. The number of aliphatic imine (C=N–C) groups is 1. The van der Waals surface area contributed by atoms with Gasteiger partial charge in [0.15, 0.2) is 17.5 Å². The van der Waals surface area contributed by atoms with Gasteiger partial charge in [-0.3, -0.25) is 4.79 Å². The lowest BCUT2D eigenvalue weighted by Gasteiger charge is -2.33. The first-order valence-electron chi connectivity index (χ1n) is 9.21. The number of benzene rings is 1. The van der Waals surface area contributed by atoms with E-state index in [0.29, 0.717) is 39.0 Å². The van der Waals surface area contributed by atoms with Crippen molar-refractivity contribution < 1.29 is 27.8 Å². The van der Waals surface area contributed by atoms with Gasteiger partial charge in [-0.2, -0.15) is 8.78 Å². The number of carbonyl (C=O) groups is 1. The van der Waals surface area contributed by atoms with Gasteiger partial charge in [0, 0.05) is 19.6 Å². The number of carbonyl (C=O) groups excluding carboxylic acids is 1. The summed E-state index contributed by atoms with van der Waals surface area (Å²) in [6, 6.07) is 4.84. The van der Waals surface area contributed by atoms with E-state index in [9.17, 15) is 13.6 Å². The third kappa shape index (κ3) is 5.97. The van der Waals surface area contributed by atoms with Crippen LogP contribution < -0.4 is 14.8 Å². The summed E-state index contributed by atoms with van der Waals surface area (Å²) in [5.74, 6) is 0.683. The Morgan fingerprint density at radius 2 is 2.00 bits per heavy atom. The molecule has 0 saturated carbocycles. The Kier molecular flexibility index (Phi) is 8.28. The Morgan fingerprint density at radius 3 is 2.57 bits per heavy atom. The van der Waals surface area contributed by atoms with Crippen molar-refractivity contribution >= 4 is 11.9 Å². The van der Waals surface area contributed by atoms with Gasteiger partial charge < -0.3 is 24.4 Å². The molecule has 1 aliphatic heterocycles. The minimum Gasteiger partial charge on any atom is -0.493 e. The van der Waals surface area contributed by atoms with Crippen LogP contribution in [-0.2, 0) is 16.1 Å². The van der Waals surface area contributed by atoms with E-state index in [2.05, 4.69) is 19.9 Å². The van der Waals surface area contributed by atoms with Gasteiger partial charge in [-0.15, -0.1) is 0 Å². The monoisotopic (exact) mass is 399 g/mol. The van der Waals surface area contributed by atoms with Gasteiger partial charge in [-0.05, 0) is 37.5 Å². The maximum absolute atomic E-state index is 12.6. The summed E-state index contributed by atoms with van der Waals surface area (Å²) in [5, 5.41) is 3.23. The highest BCUT2D eigenvalue weighted by Crippen LogP contribution is 2.29. The van der Waals surface area contributed by atoms with Gasteiger partial charge in [0.25, 0.3) is 0 Å². The van der Waals surface area contributed by atoms with E-state index in [1.165, 1.54) is 20.3 Å². The largest absolute Gasteiger partial charge is 0.493 e. The molecule has 156 valence electrons. The highest BCUT2D eigenvalue weighted by atomic mass is 19.3. The van der Waals surface area contributed by atoms with Crippen LogP contribution in [0.25, 0.3) is 0 Å². The van der Waals surface area contributed by atoms with Crippen LogP contribution in [0.5, 0.6) is 11.5 Å². The number of nitrogens with one attached hydrogen (secondary N) is 1. The average molecular weight is 399 g/mol. The fourth-order valence-corrected chi connectivity index (χ4v) is 3.09. The number of likely N-dealkylation sites (tertiary alicyclic amines) is 1. The Bertz CT molecular complexity index is 677. The second-order valence-electron chi connectivity index (χ2n) is 6.32. The van der Waals surface area contributed by atoms with Gasteiger partial charge in [0.05, 0.1) is 26.7 Å². The van der Waals surface area contributed by atoms with Crippen LogP contribution >= 0.6 is 0 Å². The molecule has 1 aromatic rings. The third-order valence-electron chi connectivity index (χ3n) is 4.52. The van der Waals surface area contributed by atoms with Crippen molar-refractivity contribution in [2.24, 2.45) is 10.9 Å². The van der Waals surface area contributed by atoms with Gasteiger partial charge in [0.2, 0.25) is 0 Å². The number of ether oxygens (including phenoxy) is 3. The second-order valence-corrected chi connectivity index (χ2v) is 6.32. The highest BCUT2D eigenvalue weighted by Gasteiger charge is 2.27. The van der Waals surface area contributed by atoms with Crippen molar-refractivity contribution in [1.82, 2.24) is 10.2 Å². The van der Waals surface area contributed by atoms with E-state index in [1.807, 2.05) is 6.92 Å². The molecule has 2 rings (SSSR count). The predicted molar refractivity (Wildman–Crippen MR) is 101 cm³/mol. The molecule has 1 aliphatic rings. The number of halogens is 2. The van der Waals surface area contributed by atoms with Crippen LogP contribution in [0, 0.1) is 5.92 Å². The number of piperidine rings is 1. The summed E-state index contributed by atoms with van der Waals surface area (Å²) >= 11 is 0. The molecule has 0 atom stereocenters. The predicted octanol–water partition coefficient (Wildman–Crippen LogP) is 2.65. The molecule has 0 radical (unpaired) electrons. The number of hydrogen-bond acceptors (Lipinski definition) is 5. The number of rotatable bonds is 7. The van der Waals surface area contributed by atoms with Gasteiger partial charge in [0.1, 0.15) is 0 Å². The molecule has 0 amide bonds. The van der Waals surface area contributed by atoms with Crippen LogP contribution in [-0.4, -0.2) is 57.3 Å². The van der Waals surface area contributed by atoms with E-state index >= 15 is 0 Å². The molecule has 0 aliphatic carbocycles. The van der Waals surface area contributed by atoms with Gasteiger partial charge >= 0.3 is 12.6 Å². The fraction of sp³-hybridized carbons (Fsp3) is 0.579. The number of guanidine groups is 1. The first-order valence-corrected chi connectivity index (χ1v) is 9.21. The lowest BCUT2D eigenvalue weighted by atomic mass is 9.97. The fourth-order valence-electron chi connectivity index (χ4n) is 3.09. The molecule has 9 heteroatoms. The topological polar surface area (TPSA) is 72.4 Å². The maximum Gasteiger partial charge on any atom is 0.387 e. The zero-order chi connectivity index (χ0) is 20.5. The van der Waals surface area contributed by atoms with Crippen molar-refractivity contribution in [3.8, 4) is 11.5 Å². The first-order chi connectivity index (χ1) is 13.5. The maximum atomic E-state index is 12.6. The van der Waals surface area contributed by atoms with Crippen molar-refractivity contribution in [2.75, 3.05) is 33.9 Å². The van der Waals surface area contributed by atoms with Crippen LogP contribution in [0.2, 0.25) is 0 Å². The highest BCUT2D eigenvalue weighted by molar-refractivity contribution is 5.80. The smallest absolute Gasteiger partial charge is 0.387 e. The molecule has 0 spiro atoms. The Labute approximate surface area is 163 Å². The van der Waals surface area contributed by atoms with Crippen molar-refractivity contribution in [3.05, 3.63) is 23.8 Å². The molecule has 28 heavy (non-hydrogen) atoms. The minimum absolute atomic E-state index is 0.0194. The zero-order valence-corrected chi connectivity index (χ0v) is 16.4. The summed E-state index contributed by atoms with van der Waals surface area (Å²) in [5.41, 5.74) is 0.719. The molecular weight excluding hydrogens is 372 g/mol. The molecule has 0 aromatic heterocycles. The molecule has 1 aromatic carbocycles. The summed E-state index contributed by atoms with van der Waals surface area (Å²) < 4.78 is 39.5. The minimum atomic E-state index is -2.93. The van der Waals surface area contributed by atoms with E-state index in [-0.39, 0.29) is 23.4 Å². The molecule has 1 fully saturated rings. The number of hydrogen-bond donors (Lipinski definition) is 1. The summed E-state index contributed by atoms with van der Waals surface area (Å²) in [6.45, 7) is 1.41. The molecule has 1 heterocycles. The zero-order valence-electron chi connectivity index (χ0n) is 16.4. The van der Waals surface area contributed by atoms with Crippen LogP contribution in [0.3, 0.4) is 0 Å². The first kappa shape index (κ1) is 21.7. The molecule has 1 saturated heterocycles. The van der Waals surface area contributed by atoms with Crippen molar-refractivity contribution in [1.29, 1.82) is 0 Å². The SMILES string of the molecule is CCNC(=NCc1ccc(OC)c(OC(F)F)c1)N1CCC(C(=O)OC)CC1. The van der Waals surface area contributed by atoms with E-state index < -0.39 is 6.61 Å². The van der Waals surface area contributed by atoms with Crippen LogP contribution in [0.1, 0.15) is 25.3 Å². The van der Waals surface area contributed by atoms with Gasteiger partial charge in [-0.25, -0.2) is 4.99 Å². The number of alkyl halides is 2. The molecule has 7 nitrogen and oxygen atoms in total. The number of nitrogens with zero attached hydrogens (tertiary/aromatic N) is 2. The lowest BCUT2D eigenvalue weighted by Crippen LogP contribution is -2.46. The normalized spacial score (nSPS) is 15.5. The second kappa shape index (κ2) is 10.7. The van der Waals surface area contributed by atoms with Gasteiger partial charge in [-0.1, -0.05) is 6.07 Å². The Balaban J connectivity index is 2.07. The van der Waals surface area contributed by atoms with E-state index in [4.69, 9.17) is 9.47 Å². The van der Waals surface area contributed by atoms with E-state index in [1.54, 1.807) is 12.1 Å². The van der Waals surface area contributed by atoms with Crippen LogP contribution in [0.15, 0.2) is 23.2 Å². The molecular formula is C19H27F2N3O4. The standard InChI is InChI=1S/C19H27F2N3O4/c1-4-22-19(24-9-7-14(8-10-24)17(25)27-3)23-12-13-5-6-15(26-2)16(11-13)28-18(20)21/h5-6,11,14,18H,4,7-10,12H2,1-3H3,(H,22,23). The molecule has 0 unspecified atom stereocenters. The lowest BCUT2D eigenvalue weighted by molar-refractivity contribution is -0.146. The average Bonchev–Trinajstić information content (AvgIpc) is 2.70. The Morgan fingerprint density at radius 1 is 1.29 bits per heavy atom. The van der Waals surface area contributed by atoms with Crippen molar-refractivity contribution in [3.63, 3.8) is 0 Å². The number of methoxy groups -OCH3 is 2. The Hall–Kier alpha value is -2.58. The summed E-state index contributed by atoms with van der Waals surface area (Å²) in [6.07, 6.45) is 1.40.